The molecule has 0 saturated carbocycles. The first-order valence-corrected chi connectivity index (χ1v) is 10.9. The first kappa shape index (κ1) is 27.5. The van der Waals surface area contributed by atoms with Gasteiger partial charge >= 0.3 is 13.6 Å². The minimum absolute atomic E-state index is 0.0949. The summed E-state index contributed by atoms with van der Waals surface area (Å²) in [5.41, 5.74) is 16.2. The largest absolute Gasteiger partial charge is 0.479 e. The van der Waals surface area contributed by atoms with Crippen molar-refractivity contribution in [3.63, 3.8) is 0 Å². The van der Waals surface area contributed by atoms with Gasteiger partial charge in [0.25, 0.3) is 0 Å². The van der Waals surface area contributed by atoms with E-state index in [9.17, 15) is 24.1 Å². The highest BCUT2D eigenvalue weighted by atomic mass is 31.2. The number of aliphatic imine (C=N–C) groups is 1. The molecule has 0 aliphatic rings. The first-order chi connectivity index (χ1) is 13.7. The minimum atomic E-state index is -4.37. The van der Waals surface area contributed by atoms with E-state index < -0.39 is 49.7 Å². The third-order valence-corrected chi connectivity index (χ3v) is 4.52. The highest BCUT2D eigenvalue weighted by molar-refractivity contribution is 7.51. The second-order valence-corrected chi connectivity index (χ2v) is 8.57. The molecule has 0 aliphatic carbocycles. The van der Waals surface area contributed by atoms with Gasteiger partial charge in [-0.05, 0) is 18.8 Å². The third-order valence-electron chi connectivity index (χ3n) is 3.83. The molecular weight excluding hydrogens is 419 g/mol. The van der Waals surface area contributed by atoms with Crippen LogP contribution in [0.15, 0.2) is 17.1 Å². The molecule has 14 heteroatoms. The van der Waals surface area contributed by atoms with Gasteiger partial charge in [0.05, 0.1) is 12.2 Å². The van der Waals surface area contributed by atoms with Crippen molar-refractivity contribution >= 4 is 31.3 Å². The normalized spacial score (nSPS) is 14.7. The summed E-state index contributed by atoms with van der Waals surface area (Å²) in [5, 5.41) is 13.9. The fourth-order valence-corrected chi connectivity index (χ4v) is 2.52. The Bertz CT molecular complexity index is 702. The fourth-order valence-electron chi connectivity index (χ4n) is 2.12. The number of nitrogens with zero attached hydrogens (tertiary/aromatic N) is 1. The van der Waals surface area contributed by atoms with Gasteiger partial charge in [-0.2, -0.15) is 0 Å². The van der Waals surface area contributed by atoms with E-state index in [0.717, 1.165) is 12.2 Å². The Kier molecular flexibility index (Phi) is 11.9. The molecule has 2 amide bonds. The summed E-state index contributed by atoms with van der Waals surface area (Å²) in [5.74, 6) is -3.18. The number of carboxylic acids is 1. The molecule has 0 aromatic rings. The molecule has 0 bridgehead atoms. The van der Waals surface area contributed by atoms with Crippen LogP contribution in [0.5, 0.6) is 0 Å². The predicted octanol–water partition coefficient (Wildman–Crippen LogP) is -2.19. The number of carbonyl (C=O) groups is 3. The van der Waals surface area contributed by atoms with Crippen molar-refractivity contribution in [2.45, 2.75) is 44.8 Å². The zero-order valence-corrected chi connectivity index (χ0v) is 17.8. The van der Waals surface area contributed by atoms with Gasteiger partial charge < -0.3 is 42.7 Å². The lowest BCUT2D eigenvalue weighted by Crippen LogP contribution is -2.55. The lowest BCUT2D eigenvalue weighted by molar-refractivity contribution is -0.140. The maximum Gasteiger partial charge on any atom is 0.330 e. The number of nitrogens with two attached hydrogens (primary N) is 3. The van der Waals surface area contributed by atoms with Crippen molar-refractivity contribution in [2.24, 2.45) is 28.1 Å². The van der Waals surface area contributed by atoms with Crippen molar-refractivity contribution in [1.29, 1.82) is 0 Å². The van der Waals surface area contributed by atoms with E-state index in [0.29, 0.717) is 6.42 Å². The van der Waals surface area contributed by atoms with Gasteiger partial charge in [-0.15, -0.1) is 0 Å². The van der Waals surface area contributed by atoms with Gasteiger partial charge in [0.1, 0.15) is 12.1 Å². The van der Waals surface area contributed by atoms with Gasteiger partial charge in [0, 0.05) is 6.54 Å². The van der Waals surface area contributed by atoms with Gasteiger partial charge in [-0.3, -0.25) is 19.1 Å². The molecule has 1 unspecified atom stereocenters. The molecule has 0 saturated heterocycles. The van der Waals surface area contributed by atoms with Gasteiger partial charge in [0.2, 0.25) is 11.8 Å². The van der Waals surface area contributed by atoms with E-state index in [1.54, 1.807) is 13.8 Å². The Labute approximate surface area is 174 Å². The topological polar surface area (TPSA) is 243 Å². The maximum atomic E-state index is 12.6. The quantitative estimate of drug-likeness (QED) is 0.0495. The van der Waals surface area contributed by atoms with Crippen LogP contribution >= 0.6 is 7.60 Å². The average Bonchev–Trinajstić information content (AvgIpc) is 2.60. The molecule has 0 heterocycles. The van der Waals surface area contributed by atoms with Crippen LogP contribution in [0.2, 0.25) is 0 Å². The van der Waals surface area contributed by atoms with Crippen molar-refractivity contribution in [3.05, 3.63) is 12.2 Å². The summed E-state index contributed by atoms with van der Waals surface area (Å²) in [4.78, 5) is 57.6. The van der Waals surface area contributed by atoms with Gasteiger partial charge in [0.15, 0.2) is 5.96 Å². The van der Waals surface area contributed by atoms with Crippen LogP contribution in [0.1, 0.15) is 26.7 Å². The number of nitrogens with one attached hydrogen (secondary N) is 2. The summed E-state index contributed by atoms with van der Waals surface area (Å²) in [7, 11) is -4.37. The Hall–Kier alpha value is -2.47. The van der Waals surface area contributed by atoms with E-state index in [1.165, 1.54) is 0 Å². The van der Waals surface area contributed by atoms with Crippen molar-refractivity contribution in [3.8, 4) is 0 Å². The fraction of sp³-hybridized carbons (Fsp3) is 0.625. The van der Waals surface area contributed by atoms with E-state index >= 15 is 0 Å². The van der Waals surface area contributed by atoms with Crippen LogP contribution in [0.4, 0.5) is 0 Å². The smallest absolute Gasteiger partial charge is 0.330 e. The molecular formula is C16H31N6O7P. The Morgan fingerprint density at radius 3 is 2.20 bits per heavy atom. The summed E-state index contributed by atoms with van der Waals surface area (Å²) < 4.78 is 10.9. The molecule has 30 heavy (non-hydrogen) atoms. The van der Waals surface area contributed by atoms with Crippen LogP contribution < -0.4 is 27.8 Å². The molecule has 3 atom stereocenters. The van der Waals surface area contributed by atoms with E-state index in [4.69, 9.17) is 27.0 Å². The summed E-state index contributed by atoms with van der Waals surface area (Å²) in [6.07, 6.45) is 1.61. The molecule has 0 fully saturated rings. The minimum Gasteiger partial charge on any atom is -0.479 e. The van der Waals surface area contributed by atoms with Crippen molar-refractivity contribution in [1.82, 2.24) is 10.6 Å². The second-order valence-electron chi connectivity index (χ2n) is 6.88. The first-order valence-electron chi connectivity index (χ1n) is 9.10. The number of carbonyl (C=O) groups excluding carboxylic acids is 2. The number of hydrogen-bond acceptors (Lipinski definition) is 6. The summed E-state index contributed by atoms with van der Waals surface area (Å²) in [6.45, 7) is 3.64. The van der Waals surface area contributed by atoms with E-state index in [2.05, 4.69) is 15.6 Å². The number of allylic oxidation sites excluding steroid dienone is 1. The second kappa shape index (κ2) is 13.0. The highest BCUT2D eigenvalue weighted by Crippen LogP contribution is 2.33. The SMILES string of the molecule is CC(C)[C@H](N)C(=O)N[C@@H](CCCN=C(N)N)C(=O)NC(/C=C/CP(=O)(O)O)C(=O)O. The van der Waals surface area contributed by atoms with Gasteiger partial charge in [-0.25, -0.2) is 4.79 Å². The third kappa shape index (κ3) is 12.2. The zero-order valence-electron chi connectivity index (χ0n) is 16.9. The summed E-state index contributed by atoms with van der Waals surface area (Å²) >= 11 is 0. The predicted molar refractivity (Wildman–Crippen MR) is 110 cm³/mol. The lowest BCUT2D eigenvalue weighted by atomic mass is 10.0. The molecule has 0 aromatic heterocycles. The van der Waals surface area contributed by atoms with Crippen LogP contribution in [0, 0.1) is 5.92 Å². The van der Waals surface area contributed by atoms with Gasteiger partial charge in [-0.1, -0.05) is 26.0 Å². The maximum absolute atomic E-state index is 12.6. The molecule has 0 radical (unpaired) electrons. The Morgan fingerprint density at radius 1 is 1.13 bits per heavy atom. The van der Waals surface area contributed by atoms with E-state index in [-0.39, 0.29) is 24.8 Å². The number of aliphatic carboxylic acids is 1. The molecule has 0 aliphatic heterocycles. The number of carboxylic acid groups (broad SMARTS) is 1. The average molecular weight is 450 g/mol. The number of guanidine groups is 1. The van der Waals surface area contributed by atoms with Crippen LogP contribution in [-0.4, -0.2) is 69.5 Å². The zero-order chi connectivity index (χ0) is 23.5. The Balaban J connectivity index is 5.28. The highest BCUT2D eigenvalue weighted by Gasteiger charge is 2.27. The molecule has 0 aromatic carbocycles. The molecule has 0 spiro atoms. The number of amides is 2. The van der Waals surface area contributed by atoms with E-state index in [1.807, 2.05) is 0 Å². The summed E-state index contributed by atoms with van der Waals surface area (Å²) in [6, 6.07) is -3.55. The van der Waals surface area contributed by atoms with Crippen LogP contribution in [0.3, 0.4) is 0 Å². The number of hydrogen-bond donors (Lipinski definition) is 8. The standard InChI is InChI=1S/C16H31N6O7P/c1-9(2)12(17)14(24)21-10(5-3-7-20-16(18)19)13(23)22-11(15(25)26)6-4-8-30(27,28)29/h4,6,9-12H,3,5,7-8,17H2,1-2H3,(H,21,24)(H,22,23)(H,25,26)(H4,18,19,20)(H2,27,28,29)/b6-4+/t10-,11?,12-/m0/s1. The Morgan fingerprint density at radius 2 is 1.73 bits per heavy atom. The lowest BCUT2D eigenvalue weighted by Gasteiger charge is -2.23. The molecule has 0 rings (SSSR count). The van der Waals surface area contributed by atoms with Crippen molar-refractivity contribution < 1.29 is 33.8 Å². The molecule has 11 N–H and O–H groups in total. The molecule has 13 nitrogen and oxygen atoms in total. The number of rotatable bonds is 13. The monoisotopic (exact) mass is 450 g/mol. The van der Waals surface area contributed by atoms with Crippen LogP contribution in [0.25, 0.3) is 0 Å². The molecule has 172 valence electrons. The van der Waals surface area contributed by atoms with Crippen molar-refractivity contribution in [2.75, 3.05) is 12.7 Å². The van der Waals surface area contributed by atoms with Crippen LogP contribution in [-0.2, 0) is 18.9 Å².